The van der Waals surface area contributed by atoms with Gasteiger partial charge in [0, 0.05) is 16.9 Å². The Bertz CT molecular complexity index is 906. The van der Waals surface area contributed by atoms with Crippen LogP contribution in [-0.4, -0.2) is 36.1 Å². The first kappa shape index (κ1) is 18.2. The minimum atomic E-state index is -1.35. The number of amides is 2. The highest BCUT2D eigenvalue weighted by Crippen LogP contribution is 2.38. The Morgan fingerprint density at radius 3 is 2.65 bits per heavy atom. The Morgan fingerprint density at radius 1 is 1.23 bits per heavy atom. The molecule has 2 amide bonds. The van der Waals surface area contributed by atoms with Gasteiger partial charge in [0.15, 0.2) is 0 Å². The Balaban J connectivity index is 1.88. The molecular formula is C17H12NO6S2-. The number of carbonyl (C=O) groups excluding carboxylic acids is 4. The number of imide groups is 1. The van der Waals surface area contributed by atoms with Crippen LogP contribution < -0.4 is 10.0 Å². The van der Waals surface area contributed by atoms with Crippen LogP contribution in [0.2, 0.25) is 0 Å². The van der Waals surface area contributed by atoms with E-state index in [4.69, 9.17) is 0 Å². The normalized spacial score (nSPS) is 16.8. The zero-order chi connectivity index (χ0) is 18.8. The third-order valence-corrected chi connectivity index (χ3v) is 5.90. The largest absolute Gasteiger partial charge is 0.545 e. The van der Waals surface area contributed by atoms with Crippen molar-refractivity contribution >= 4 is 51.9 Å². The molecule has 134 valence electrons. The molecule has 0 aliphatic carbocycles. The summed E-state index contributed by atoms with van der Waals surface area (Å²) in [6.07, 6.45) is -0.0939. The van der Waals surface area contributed by atoms with Crippen LogP contribution in [0, 0.1) is 0 Å². The van der Waals surface area contributed by atoms with Gasteiger partial charge in [-0.1, -0.05) is 18.2 Å². The molecule has 0 spiro atoms. The second-order valence-electron chi connectivity index (χ2n) is 5.29. The Hall–Kier alpha value is -2.65. The zero-order valence-corrected chi connectivity index (χ0v) is 15.1. The number of carbonyl (C=O) groups is 4. The highest BCUT2D eigenvalue weighted by atomic mass is 32.2. The monoisotopic (exact) mass is 390 g/mol. The van der Waals surface area contributed by atoms with Crippen LogP contribution in [0.15, 0.2) is 40.6 Å². The van der Waals surface area contributed by atoms with Crippen LogP contribution in [0.3, 0.4) is 0 Å². The Labute approximate surface area is 156 Å². The van der Waals surface area contributed by atoms with Crippen LogP contribution in [0.1, 0.15) is 27.1 Å². The molecule has 1 aromatic heterocycles. The summed E-state index contributed by atoms with van der Waals surface area (Å²) < 4.78 is 4.67. The summed E-state index contributed by atoms with van der Waals surface area (Å²) in [5.41, 5.74) is 0.0996. The number of benzene rings is 1. The maximum Gasteiger partial charge on any atom is 0.340 e. The van der Waals surface area contributed by atoms with Gasteiger partial charge in [0.1, 0.15) is 5.00 Å². The minimum Gasteiger partial charge on any atom is -0.545 e. The standard InChI is InChI=1S/C17H13NO6S2/c1-24-17(23)10-6-7-25-15(10)18-13(19)8-12(14(18)20)26-11-5-3-2-4-9(11)16(21)22/h2-7,12H,8H2,1H3,(H,21,22)/p-1/t12-/m0/s1. The van der Waals surface area contributed by atoms with Crippen molar-refractivity contribution in [1.29, 1.82) is 0 Å². The second kappa shape index (κ2) is 7.30. The molecule has 0 saturated carbocycles. The molecule has 2 aromatic rings. The first-order valence-electron chi connectivity index (χ1n) is 7.43. The molecule has 1 aliphatic rings. The van der Waals surface area contributed by atoms with E-state index in [1.165, 1.54) is 19.2 Å². The average Bonchev–Trinajstić information content (AvgIpc) is 3.19. The van der Waals surface area contributed by atoms with E-state index in [1.54, 1.807) is 23.6 Å². The maximum absolute atomic E-state index is 12.7. The number of hydrogen-bond acceptors (Lipinski definition) is 8. The molecule has 1 atom stereocenters. The van der Waals surface area contributed by atoms with Crippen LogP contribution in [0.4, 0.5) is 5.00 Å². The molecule has 26 heavy (non-hydrogen) atoms. The van der Waals surface area contributed by atoms with Gasteiger partial charge in [0.05, 0.1) is 23.9 Å². The third-order valence-electron chi connectivity index (χ3n) is 3.73. The molecule has 0 N–H and O–H groups in total. The highest BCUT2D eigenvalue weighted by Gasteiger charge is 2.42. The summed E-state index contributed by atoms with van der Waals surface area (Å²) in [6, 6.07) is 7.62. The number of esters is 1. The molecule has 0 radical (unpaired) electrons. The lowest BCUT2D eigenvalue weighted by Gasteiger charge is -2.15. The van der Waals surface area contributed by atoms with Crippen LogP contribution in [0.5, 0.6) is 0 Å². The number of carboxylic acids is 1. The number of thioether (sulfide) groups is 1. The molecule has 2 heterocycles. The lowest BCUT2D eigenvalue weighted by molar-refractivity contribution is -0.255. The number of rotatable bonds is 5. The summed E-state index contributed by atoms with van der Waals surface area (Å²) >= 11 is 2.08. The number of carboxylic acid groups (broad SMARTS) is 1. The molecule has 3 rings (SSSR count). The molecule has 1 aliphatic heterocycles. The molecule has 1 saturated heterocycles. The van der Waals surface area contributed by atoms with Crippen LogP contribution in [-0.2, 0) is 14.3 Å². The van der Waals surface area contributed by atoms with Gasteiger partial charge in [-0.2, -0.15) is 0 Å². The fraction of sp³-hybridized carbons (Fsp3) is 0.176. The maximum atomic E-state index is 12.7. The Kier molecular flexibility index (Phi) is 5.10. The van der Waals surface area contributed by atoms with Crippen molar-refractivity contribution in [2.24, 2.45) is 0 Å². The number of thiophene rings is 1. The smallest absolute Gasteiger partial charge is 0.340 e. The summed E-state index contributed by atoms with van der Waals surface area (Å²) in [6.45, 7) is 0. The lowest BCUT2D eigenvalue weighted by Crippen LogP contribution is -2.31. The van der Waals surface area contributed by atoms with E-state index >= 15 is 0 Å². The van der Waals surface area contributed by atoms with E-state index in [2.05, 4.69) is 4.74 Å². The number of methoxy groups -OCH3 is 1. The summed E-state index contributed by atoms with van der Waals surface area (Å²) in [7, 11) is 1.22. The fourth-order valence-electron chi connectivity index (χ4n) is 2.54. The number of aromatic carboxylic acids is 1. The van der Waals surface area contributed by atoms with Gasteiger partial charge < -0.3 is 14.6 Å². The number of hydrogen-bond donors (Lipinski definition) is 0. The average molecular weight is 390 g/mol. The molecular weight excluding hydrogens is 378 g/mol. The van der Waals surface area contributed by atoms with Gasteiger partial charge in [-0.25, -0.2) is 9.69 Å². The van der Waals surface area contributed by atoms with E-state index in [9.17, 15) is 24.3 Å². The molecule has 0 bridgehead atoms. The van der Waals surface area contributed by atoms with Crippen molar-refractivity contribution in [2.45, 2.75) is 16.6 Å². The minimum absolute atomic E-state index is 0.0393. The Morgan fingerprint density at radius 2 is 1.96 bits per heavy atom. The molecule has 0 unspecified atom stereocenters. The van der Waals surface area contributed by atoms with Gasteiger partial charge in [-0.3, -0.25) is 9.59 Å². The molecule has 9 heteroatoms. The molecule has 1 aromatic carbocycles. The number of nitrogens with zero attached hydrogens (tertiary/aromatic N) is 1. The third kappa shape index (κ3) is 3.23. The summed E-state index contributed by atoms with van der Waals surface area (Å²) in [4.78, 5) is 49.5. The van der Waals surface area contributed by atoms with Crippen molar-refractivity contribution in [1.82, 2.24) is 0 Å². The van der Waals surface area contributed by atoms with E-state index in [0.717, 1.165) is 28.0 Å². The van der Waals surface area contributed by atoms with Gasteiger partial charge >= 0.3 is 5.97 Å². The predicted octanol–water partition coefficient (Wildman–Crippen LogP) is 1.32. The fourth-order valence-corrected chi connectivity index (χ4v) is 4.62. The van der Waals surface area contributed by atoms with E-state index in [-0.39, 0.29) is 22.5 Å². The molecule has 7 nitrogen and oxygen atoms in total. The van der Waals surface area contributed by atoms with Crippen molar-refractivity contribution in [3.63, 3.8) is 0 Å². The van der Waals surface area contributed by atoms with Crippen LogP contribution >= 0.6 is 23.1 Å². The van der Waals surface area contributed by atoms with Crippen molar-refractivity contribution < 1.29 is 29.0 Å². The van der Waals surface area contributed by atoms with Gasteiger partial charge in [0.2, 0.25) is 11.8 Å². The van der Waals surface area contributed by atoms with Gasteiger partial charge in [0.25, 0.3) is 0 Å². The zero-order valence-electron chi connectivity index (χ0n) is 13.5. The lowest BCUT2D eigenvalue weighted by atomic mass is 10.2. The molecule has 1 fully saturated rings. The highest BCUT2D eigenvalue weighted by molar-refractivity contribution is 8.00. The van der Waals surface area contributed by atoms with Gasteiger partial charge in [-0.15, -0.1) is 23.1 Å². The van der Waals surface area contributed by atoms with Crippen molar-refractivity contribution in [3.8, 4) is 0 Å². The van der Waals surface area contributed by atoms with E-state index in [1.807, 2.05) is 0 Å². The summed E-state index contributed by atoms with van der Waals surface area (Å²) in [5, 5.41) is 12.2. The van der Waals surface area contributed by atoms with Crippen LogP contribution in [0.25, 0.3) is 0 Å². The van der Waals surface area contributed by atoms with Gasteiger partial charge in [-0.05, 0) is 17.5 Å². The SMILES string of the molecule is COC(=O)c1ccsc1N1C(=O)C[C@H](Sc2ccccc2C(=O)[O-])C1=O. The predicted molar refractivity (Wildman–Crippen MR) is 93.2 cm³/mol. The quantitative estimate of drug-likeness (QED) is 0.560. The topological polar surface area (TPSA) is 104 Å². The first-order chi connectivity index (χ1) is 12.4. The van der Waals surface area contributed by atoms with Crippen molar-refractivity contribution in [2.75, 3.05) is 12.0 Å². The number of anilines is 1. The second-order valence-corrected chi connectivity index (χ2v) is 7.43. The van der Waals surface area contributed by atoms with E-state index in [0.29, 0.717) is 4.90 Å². The first-order valence-corrected chi connectivity index (χ1v) is 9.19. The summed E-state index contributed by atoms with van der Waals surface area (Å²) in [5.74, 6) is -2.94. The number of ether oxygens (including phenoxy) is 1. The van der Waals surface area contributed by atoms with E-state index < -0.39 is 29.0 Å². The van der Waals surface area contributed by atoms with Crippen molar-refractivity contribution in [3.05, 3.63) is 46.8 Å².